The summed E-state index contributed by atoms with van der Waals surface area (Å²) in [5.41, 5.74) is 0. The van der Waals surface area contributed by atoms with Gasteiger partial charge in [0.15, 0.2) is 6.10 Å². The highest BCUT2D eigenvalue weighted by molar-refractivity contribution is 5.71. The second-order valence-corrected chi connectivity index (χ2v) is 20.8. The summed E-state index contributed by atoms with van der Waals surface area (Å²) in [6.07, 6.45) is 49.5. The van der Waals surface area contributed by atoms with Crippen LogP contribution in [0.25, 0.3) is 0 Å². The zero-order valence-electron chi connectivity index (χ0n) is 43.4. The van der Waals surface area contributed by atoms with Gasteiger partial charge in [-0.25, -0.2) is 0 Å². The van der Waals surface area contributed by atoms with E-state index < -0.39 is 6.10 Å². The quantitative estimate of drug-likeness (QED) is 0.0344. The molecule has 0 fully saturated rings. The SMILES string of the molecule is CCC(C)CCCCCCCCCCCCCCCCC(=O)OC[C@@H](COC(=O)CCCCCCCCCCCCCCCCC(C)C)OC(=O)CCCCCCCCCC(C)C. The van der Waals surface area contributed by atoms with Gasteiger partial charge in [-0.05, 0) is 37.0 Å². The molecule has 0 saturated carbocycles. The van der Waals surface area contributed by atoms with Gasteiger partial charge in [0, 0.05) is 19.3 Å². The molecule has 0 heterocycles. The van der Waals surface area contributed by atoms with E-state index in [1.165, 1.54) is 193 Å². The lowest BCUT2D eigenvalue weighted by Crippen LogP contribution is -2.30. The van der Waals surface area contributed by atoms with Gasteiger partial charge in [-0.15, -0.1) is 0 Å². The Balaban J connectivity index is 4.23. The molecule has 6 nitrogen and oxygen atoms in total. The molecule has 0 aromatic heterocycles. The molecule has 6 heteroatoms. The van der Waals surface area contributed by atoms with Crippen LogP contribution in [0.2, 0.25) is 0 Å². The van der Waals surface area contributed by atoms with E-state index in [4.69, 9.17) is 14.2 Å². The van der Waals surface area contributed by atoms with Crippen molar-refractivity contribution in [1.82, 2.24) is 0 Å². The van der Waals surface area contributed by atoms with Gasteiger partial charge in [0.05, 0.1) is 0 Å². The molecule has 1 unspecified atom stereocenters. The first-order valence-corrected chi connectivity index (χ1v) is 28.1. The van der Waals surface area contributed by atoms with Crippen LogP contribution >= 0.6 is 0 Å². The molecular formula is C57H110O6. The maximum atomic E-state index is 12.8. The Labute approximate surface area is 393 Å². The number of hydrogen-bond donors (Lipinski definition) is 0. The van der Waals surface area contributed by atoms with Crippen LogP contribution in [-0.4, -0.2) is 37.2 Å². The summed E-state index contributed by atoms with van der Waals surface area (Å²) >= 11 is 0. The third-order valence-electron chi connectivity index (χ3n) is 13.3. The average molecular weight is 892 g/mol. The van der Waals surface area contributed by atoms with Crippen LogP contribution in [-0.2, 0) is 28.6 Å². The van der Waals surface area contributed by atoms with Crippen molar-refractivity contribution in [3.8, 4) is 0 Å². The smallest absolute Gasteiger partial charge is 0.306 e. The monoisotopic (exact) mass is 891 g/mol. The second kappa shape index (κ2) is 48.3. The Hall–Kier alpha value is -1.59. The fourth-order valence-corrected chi connectivity index (χ4v) is 8.61. The summed E-state index contributed by atoms with van der Waals surface area (Å²) < 4.78 is 16.8. The van der Waals surface area contributed by atoms with Crippen molar-refractivity contribution in [2.24, 2.45) is 17.8 Å². The molecule has 0 aliphatic rings. The third kappa shape index (κ3) is 49.7. The maximum absolute atomic E-state index is 12.8. The summed E-state index contributed by atoms with van der Waals surface area (Å²) in [4.78, 5) is 38.0. The molecule has 0 saturated heterocycles. The first-order valence-electron chi connectivity index (χ1n) is 28.1. The molecule has 0 N–H and O–H groups in total. The van der Waals surface area contributed by atoms with Crippen molar-refractivity contribution in [2.75, 3.05) is 13.2 Å². The number of ether oxygens (including phenoxy) is 3. The van der Waals surface area contributed by atoms with Crippen LogP contribution < -0.4 is 0 Å². The fraction of sp³-hybridized carbons (Fsp3) is 0.947. The molecule has 63 heavy (non-hydrogen) atoms. The van der Waals surface area contributed by atoms with Crippen molar-refractivity contribution >= 4 is 17.9 Å². The van der Waals surface area contributed by atoms with Crippen LogP contribution in [0.1, 0.15) is 311 Å². The molecule has 0 aromatic rings. The minimum atomic E-state index is -0.763. The Morgan fingerprint density at radius 1 is 0.317 bits per heavy atom. The van der Waals surface area contributed by atoms with Gasteiger partial charge in [0.2, 0.25) is 0 Å². The van der Waals surface area contributed by atoms with Gasteiger partial charge in [-0.1, -0.05) is 273 Å². The molecule has 0 bridgehead atoms. The van der Waals surface area contributed by atoms with E-state index in [0.29, 0.717) is 19.3 Å². The number of rotatable bonds is 50. The van der Waals surface area contributed by atoms with Gasteiger partial charge in [-0.3, -0.25) is 14.4 Å². The normalized spacial score (nSPS) is 12.6. The molecule has 0 spiro atoms. The third-order valence-corrected chi connectivity index (χ3v) is 13.3. The summed E-state index contributed by atoms with van der Waals surface area (Å²) in [6.45, 7) is 13.7. The molecule has 0 aromatic carbocycles. The molecular weight excluding hydrogens is 781 g/mol. The number of hydrogen-bond acceptors (Lipinski definition) is 6. The number of unbranched alkanes of at least 4 members (excludes halogenated alkanes) is 32. The van der Waals surface area contributed by atoms with Crippen LogP contribution in [0.5, 0.6) is 0 Å². The lowest BCUT2D eigenvalue weighted by Gasteiger charge is -2.18. The Morgan fingerprint density at radius 3 is 0.825 bits per heavy atom. The lowest BCUT2D eigenvalue weighted by molar-refractivity contribution is -0.167. The molecule has 374 valence electrons. The highest BCUT2D eigenvalue weighted by Crippen LogP contribution is 2.19. The van der Waals surface area contributed by atoms with Crippen molar-refractivity contribution in [2.45, 2.75) is 317 Å². The summed E-state index contributed by atoms with van der Waals surface area (Å²) in [5.74, 6) is 1.67. The van der Waals surface area contributed by atoms with Gasteiger partial charge in [0.25, 0.3) is 0 Å². The van der Waals surface area contributed by atoms with E-state index in [0.717, 1.165) is 75.5 Å². The van der Waals surface area contributed by atoms with E-state index in [2.05, 4.69) is 41.5 Å². The van der Waals surface area contributed by atoms with E-state index >= 15 is 0 Å². The lowest BCUT2D eigenvalue weighted by atomic mass is 9.99. The maximum Gasteiger partial charge on any atom is 0.306 e. The summed E-state index contributed by atoms with van der Waals surface area (Å²) in [7, 11) is 0. The molecule has 0 aliphatic carbocycles. The van der Waals surface area contributed by atoms with Crippen molar-refractivity contribution in [3.05, 3.63) is 0 Å². The second-order valence-electron chi connectivity index (χ2n) is 20.8. The molecule has 0 aliphatic heterocycles. The van der Waals surface area contributed by atoms with Crippen LogP contribution in [0.4, 0.5) is 0 Å². The van der Waals surface area contributed by atoms with E-state index in [1.807, 2.05) is 0 Å². The highest BCUT2D eigenvalue weighted by Gasteiger charge is 2.19. The Bertz CT molecular complexity index is 978. The average Bonchev–Trinajstić information content (AvgIpc) is 3.25. The zero-order chi connectivity index (χ0) is 46.3. The van der Waals surface area contributed by atoms with Gasteiger partial charge >= 0.3 is 17.9 Å². The number of carbonyl (C=O) groups excluding carboxylic acids is 3. The standard InChI is InChI=1S/C57H110O6/c1-7-53(6)45-39-33-27-21-17-13-9-11-15-19-23-29-35-41-47-56(59)62-50-54(63-57(60)48-42-36-30-24-26-32-38-44-52(4)5)49-61-55(58)46-40-34-28-22-18-14-10-8-12-16-20-25-31-37-43-51(2)3/h51-54H,7-50H2,1-6H3/t53?,54-/m1/s1. The van der Waals surface area contributed by atoms with Crippen LogP contribution in [0, 0.1) is 17.8 Å². The molecule has 0 amide bonds. The highest BCUT2D eigenvalue weighted by atomic mass is 16.6. The van der Waals surface area contributed by atoms with E-state index in [-0.39, 0.29) is 31.1 Å². The van der Waals surface area contributed by atoms with Crippen LogP contribution in [0.15, 0.2) is 0 Å². The first-order chi connectivity index (χ1) is 30.6. The molecule has 0 radical (unpaired) electrons. The Morgan fingerprint density at radius 2 is 0.556 bits per heavy atom. The van der Waals surface area contributed by atoms with E-state index in [9.17, 15) is 14.4 Å². The topological polar surface area (TPSA) is 78.9 Å². The van der Waals surface area contributed by atoms with Gasteiger partial charge in [0.1, 0.15) is 13.2 Å². The number of esters is 3. The predicted octanol–water partition coefficient (Wildman–Crippen LogP) is 18.3. The van der Waals surface area contributed by atoms with Crippen LogP contribution in [0.3, 0.4) is 0 Å². The summed E-state index contributed by atoms with van der Waals surface area (Å²) in [5, 5.41) is 0. The predicted molar refractivity (Wildman–Crippen MR) is 270 cm³/mol. The van der Waals surface area contributed by atoms with Gasteiger partial charge < -0.3 is 14.2 Å². The molecule has 0 rings (SSSR count). The van der Waals surface area contributed by atoms with Crippen molar-refractivity contribution in [1.29, 1.82) is 0 Å². The van der Waals surface area contributed by atoms with E-state index in [1.54, 1.807) is 0 Å². The zero-order valence-corrected chi connectivity index (χ0v) is 43.4. The molecule has 2 atom stereocenters. The Kier molecular flexibility index (Phi) is 47.1. The van der Waals surface area contributed by atoms with Crippen molar-refractivity contribution < 1.29 is 28.6 Å². The summed E-state index contributed by atoms with van der Waals surface area (Å²) in [6, 6.07) is 0. The fourth-order valence-electron chi connectivity index (χ4n) is 8.61. The minimum Gasteiger partial charge on any atom is -0.462 e. The largest absolute Gasteiger partial charge is 0.462 e. The first kappa shape index (κ1) is 61.4. The van der Waals surface area contributed by atoms with Gasteiger partial charge in [-0.2, -0.15) is 0 Å². The minimum absolute atomic E-state index is 0.0646. The van der Waals surface area contributed by atoms with Crippen molar-refractivity contribution in [3.63, 3.8) is 0 Å². The number of carbonyl (C=O) groups is 3.